The highest BCUT2D eigenvalue weighted by Crippen LogP contribution is 2.49. The standard InChI is InChI=1S/C24H38O2/c1-23(2,22(25)26)16-8-5-4-6-10-20-12-14-21(15-13-20)11-7-9-17-24(3)18-19-24/h12-15H,4-11,16-19H2,1-3H3,(H,25,26). The van der Waals surface area contributed by atoms with Crippen molar-refractivity contribution >= 4 is 5.97 Å². The minimum Gasteiger partial charge on any atom is -0.481 e. The van der Waals surface area contributed by atoms with Crippen LogP contribution in [0.1, 0.15) is 96.1 Å². The molecule has 0 spiro atoms. The topological polar surface area (TPSA) is 37.3 Å². The molecule has 1 aromatic carbocycles. The molecule has 0 unspecified atom stereocenters. The summed E-state index contributed by atoms with van der Waals surface area (Å²) in [4.78, 5) is 11.1. The van der Waals surface area contributed by atoms with Crippen LogP contribution in [0.25, 0.3) is 0 Å². The summed E-state index contributed by atoms with van der Waals surface area (Å²) in [6.45, 7) is 6.07. The summed E-state index contributed by atoms with van der Waals surface area (Å²) in [6.07, 6.45) is 14.7. The Kier molecular flexibility index (Phi) is 7.73. The van der Waals surface area contributed by atoms with Gasteiger partial charge in [-0.25, -0.2) is 0 Å². The number of carboxylic acid groups (broad SMARTS) is 1. The zero-order chi connectivity index (χ0) is 19.0. The van der Waals surface area contributed by atoms with Gasteiger partial charge in [0.05, 0.1) is 5.41 Å². The van der Waals surface area contributed by atoms with Gasteiger partial charge in [-0.3, -0.25) is 4.79 Å². The van der Waals surface area contributed by atoms with Crippen molar-refractivity contribution in [3.05, 3.63) is 35.4 Å². The largest absolute Gasteiger partial charge is 0.481 e. The Morgan fingerprint density at radius 2 is 1.42 bits per heavy atom. The highest BCUT2D eigenvalue weighted by Gasteiger charge is 2.35. The van der Waals surface area contributed by atoms with Crippen LogP contribution in [0.5, 0.6) is 0 Å². The van der Waals surface area contributed by atoms with Gasteiger partial charge in [0.15, 0.2) is 0 Å². The van der Waals surface area contributed by atoms with E-state index in [9.17, 15) is 4.79 Å². The fraction of sp³-hybridized carbons (Fsp3) is 0.708. The van der Waals surface area contributed by atoms with Crippen molar-refractivity contribution in [2.75, 3.05) is 0 Å². The molecule has 0 bridgehead atoms. The molecular weight excluding hydrogens is 320 g/mol. The predicted octanol–water partition coefficient (Wildman–Crippen LogP) is 6.80. The Morgan fingerprint density at radius 1 is 0.923 bits per heavy atom. The molecule has 146 valence electrons. The van der Waals surface area contributed by atoms with E-state index in [0.29, 0.717) is 5.41 Å². The summed E-state index contributed by atoms with van der Waals surface area (Å²) in [5.74, 6) is -0.681. The highest BCUT2D eigenvalue weighted by atomic mass is 16.4. The van der Waals surface area contributed by atoms with Crippen LogP contribution < -0.4 is 0 Å². The van der Waals surface area contributed by atoms with Crippen LogP contribution in [-0.4, -0.2) is 11.1 Å². The third kappa shape index (κ3) is 7.51. The number of carbonyl (C=O) groups is 1. The maximum absolute atomic E-state index is 11.1. The number of rotatable bonds is 13. The van der Waals surface area contributed by atoms with E-state index in [0.717, 1.165) is 25.7 Å². The van der Waals surface area contributed by atoms with E-state index in [2.05, 4.69) is 31.2 Å². The average Bonchev–Trinajstić information content (AvgIpc) is 3.33. The minimum atomic E-state index is -0.681. The molecule has 1 saturated carbocycles. The van der Waals surface area contributed by atoms with Crippen LogP contribution in [0.3, 0.4) is 0 Å². The summed E-state index contributed by atoms with van der Waals surface area (Å²) >= 11 is 0. The molecule has 0 radical (unpaired) electrons. The summed E-state index contributed by atoms with van der Waals surface area (Å²) in [7, 11) is 0. The lowest BCUT2D eigenvalue weighted by atomic mass is 9.87. The lowest BCUT2D eigenvalue weighted by Gasteiger charge is -2.18. The second kappa shape index (κ2) is 9.58. The molecule has 1 aliphatic rings. The van der Waals surface area contributed by atoms with E-state index in [1.807, 2.05) is 13.8 Å². The Bertz CT molecular complexity index is 552. The molecular formula is C24H38O2. The van der Waals surface area contributed by atoms with Gasteiger partial charge in [0.25, 0.3) is 0 Å². The van der Waals surface area contributed by atoms with E-state index < -0.39 is 11.4 Å². The fourth-order valence-corrected chi connectivity index (χ4v) is 3.57. The van der Waals surface area contributed by atoms with E-state index >= 15 is 0 Å². The molecule has 0 heterocycles. The van der Waals surface area contributed by atoms with E-state index in [1.165, 1.54) is 62.5 Å². The smallest absolute Gasteiger partial charge is 0.309 e. The molecule has 0 aromatic heterocycles. The first kappa shape index (κ1) is 21.0. The van der Waals surface area contributed by atoms with Gasteiger partial charge in [0, 0.05) is 0 Å². The number of aliphatic carboxylic acids is 1. The first-order chi connectivity index (χ1) is 12.3. The summed E-state index contributed by atoms with van der Waals surface area (Å²) < 4.78 is 0. The molecule has 0 amide bonds. The number of hydrogen-bond donors (Lipinski definition) is 1. The van der Waals surface area contributed by atoms with Crippen LogP contribution in [0.4, 0.5) is 0 Å². The lowest BCUT2D eigenvalue weighted by molar-refractivity contribution is -0.147. The third-order valence-corrected chi connectivity index (χ3v) is 6.22. The quantitative estimate of drug-likeness (QED) is 0.393. The summed E-state index contributed by atoms with van der Waals surface area (Å²) in [5.41, 5.74) is 3.04. The zero-order valence-electron chi connectivity index (χ0n) is 17.2. The molecule has 2 heteroatoms. The highest BCUT2D eigenvalue weighted by molar-refractivity contribution is 5.73. The minimum absolute atomic E-state index is 0.577. The van der Waals surface area contributed by atoms with Gasteiger partial charge >= 0.3 is 5.97 Å². The molecule has 2 nitrogen and oxygen atoms in total. The van der Waals surface area contributed by atoms with Crippen LogP contribution in [-0.2, 0) is 17.6 Å². The Morgan fingerprint density at radius 3 is 1.92 bits per heavy atom. The first-order valence-corrected chi connectivity index (χ1v) is 10.6. The van der Waals surface area contributed by atoms with Crippen LogP contribution in [0.15, 0.2) is 24.3 Å². The van der Waals surface area contributed by atoms with Gasteiger partial charge in [-0.05, 0) is 81.8 Å². The zero-order valence-corrected chi connectivity index (χ0v) is 17.2. The van der Waals surface area contributed by atoms with Gasteiger partial charge < -0.3 is 5.11 Å². The number of aryl methyl sites for hydroxylation is 2. The molecule has 1 fully saturated rings. The second-order valence-electron chi connectivity index (χ2n) is 9.44. The Labute approximate surface area is 160 Å². The van der Waals surface area contributed by atoms with Crippen molar-refractivity contribution in [3.63, 3.8) is 0 Å². The molecule has 1 N–H and O–H groups in total. The van der Waals surface area contributed by atoms with Crippen molar-refractivity contribution in [3.8, 4) is 0 Å². The van der Waals surface area contributed by atoms with Gasteiger partial charge in [0.1, 0.15) is 0 Å². The molecule has 0 saturated heterocycles. The Balaban J connectivity index is 1.53. The van der Waals surface area contributed by atoms with Gasteiger partial charge in [-0.1, -0.05) is 56.9 Å². The van der Waals surface area contributed by atoms with Crippen molar-refractivity contribution in [1.29, 1.82) is 0 Å². The van der Waals surface area contributed by atoms with Gasteiger partial charge in [0.2, 0.25) is 0 Å². The van der Waals surface area contributed by atoms with Crippen molar-refractivity contribution in [2.24, 2.45) is 10.8 Å². The molecule has 2 rings (SSSR count). The second-order valence-corrected chi connectivity index (χ2v) is 9.44. The molecule has 1 aromatic rings. The Hall–Kier alpha value is -1.31. The lowest BCUT2D eigenvalue weighted by Crippen LogP contribution is -2.23. The number of benzene rings is 1. The van der Waals surface area contributed by atoms with Gasteiger partial charge in [-0.15, -0.1) is 0 Å². The normalized spacial score (nSPS) is 15.8. The number of unbranched alkanes of at least 4 members (excludes halogenated alkanes) is 4. The maximum Gasteiger partial charge on any atom is 0.309 e. The number of carboxylic acids is 1. The van der Waals surface area contributed by atoms with Crippen LogP contribution in [0, 0.1) is 10.8 Å². The maximum atomic E-state index is 11.1. The van der Waals surface area contributed by atoms with E-state index in [-0.39, 0.29) is 0 Å². The van der Waals surface area contributed by atoms with Crippen molar-refractivity contribution in [2.45, 2.75) is 97.8 Å². The first-order valence-electron chi connectivity index (χ1n) is 10.6. The van der Waals surface area contributed by atoms with E-state index in [4.69, 9.17) is 5.11 Å². The molecule has 0 atom stereocenters. The monoisotopic (exact) mass is 358 g/mol. The van der Waals surface area contributed by atoms with E-state index in [1.54, 1.807) is 0 Å². The molecule has 1 aliphatic carbocycles. The van der Waals surface area contributed by atoms with Crippen LogP contribution in [0.2, 0.25) is 0 Å². The van der Waals surface area contributed by atoms with Crippen molar-refractivity contribution < 1.29 is 9.90 Å². The van der Waals surface area contributed by atoms with Crippen LogP contribution >= 0.6 is 0 Å². The molecule has 26 heavy (non-hydrogen) atoms. The summed E-state index contributed by atoms with van der Waals surface area (Å²) in [6, 6.07) is 9.21. The summed E-state index contributed by atoms with van der Waals surface area (Å²) in [5, 5.41) is 9.12. The molecule has 0 aliphatic heterocycles. The predicted molar refractivity (Wildman–Crippen MR) is 110 cm³/mol. The average molecular weight is 359 g/mol. The van der Waals surface area contributed by atoms with Crippen molar-refractivity contribution in [1.82, 2.24) is 0 Å². The number of hydrogen-bond acceptors (Lipinski definition) is 1. The fourth-order valence-electron chi connectivity index (χ4n) is 3.57. The third-order valence-electron chi connectivity index (χ3n) is 6.22. The van der Waals surface area contributed by atoms with Gasteiger partial charge in [-0.2, -0.15) is 0 Å². The SMILES string of the molecule is CC1(CCCCc2ccc(CCCCCCC(C)(C)C(=O)O)cc2)CC1.